The monoisotopic (exact) mass is 316 g/mol. The number of nitrogen functional groups attached to an aromatic ring is 1. The van der Waals surface area contributed by atoms with Crippen LogP contribution in [0.1, 0.15) is 12.1 Å². The largest absolute Gasteiger partial charge is 0.364 e. The summed E-state index contributed by atoms with van der Waals surface area (Å²) < 4.78 is 22.8. The highest BCUT2D eigenvalue weighted by atomic mass is 32.2. The maximum absolute atomic E-state index is 11.4. The SMILES string of the molecule is Cc1nc(NN)nc(NCC2CCS(=O)(=O)C2)c1[N+](=O)[O-]. The lowest BCUT2D eigenvalue weighted by Gasteiger charge is -2.12. The molecule has 0 aliphatic carbocycles. The number of hydrogen-bond acceptors (Lipinski definition) is 9. The van der Waals surface area contributed by atoms with E-state index in [4.69, 9.17) is 5.84 Å². The van der Waals surface area contributed by atoms with Crippen LogP contribution in [0.2, 0.25) is 0 Å². The maximum atomic E-state index is 11.4. The molecule has 1 aliphatic rings. The van der Waals surface area contributed by atoms with Crippen molar-refractivity contribution in [1.29, 1.82) is 0 Å². The van der Waals surface area contributed by atoms with Gasteiger partial charge in [-0.05, 0) is 19.3 Å². The molecule has 0 spiro atoms. The summed E-state index contributed by atoms with van der Waals surface area (Å²) in [6.45, 7) is 1.77. The van der Waals surface area contributed by atoms with Gasteiger partial charge in [0.2, 0.25) is 11.8 Å². The first-order valence-corrected chi connectivity index (χ1v) is 8.08. The fourth-order valence-corrected chi connectivity index (χ4v) is 4.11. The predicted molar refractivity (Wildman–Crippen MR) is 76.5 cm³/mol. The minimum absolute atomic E-state index is 0.0322. The second-order valence-corrected chi connectivity index (χ2v) is 7.11. The number of hydrogen-bond donors (Lipinski definition) is 3. The lowest BCUT2D eigenvalue weighted by atomic mass is 10.1. The number of nitro groups is 1. The quantitative estimate of drug-likeness (QED) is 0.381. The second-order valence-electron chi connectivity index (χ2n) is 4.88. The van der Waals surface area contributed by atoms with Crippen molar-refractivity contribution in [2.24, 2.45) is 11.8 Å². The van der Waals surface area contributed by atoms with Crippen LogP contribution in [0.5, 0.6) is 0 Å². The van der Waals surface area contributed by atoms with Crippen LogP contribution in [0.15, 0.2) is 0 Å². The van der Waals surface area contributed by atoms with Gasteiger partial charge in [0.25, 0.3) is 0 Å². The highest BCUT2D eigenvalue weighted by molar-refractivity contribution is 7.91. The number of rotatable bonds is 5. The minimum atomic E-state index is -2.99. The fourth-order valence-electron chi connectivity index (χ4n) is 2.25. The number of aryl methyl sites for hydroxylation is 1. The van der Waals surface area contributed by atoms with Crippen molar-refractivity contribution in [1.82, 2.24) is 9.97 Å². The molecule has 0 saturated carbocycles. The molecule has 1 fully saturated rings. The molecule has 10 nitrogen and oxygen atoms in total. The third kappa shape index (κ3) is 3.55. The van der Waals surface area contributed by atoms with Crippen molar-refractivity contribution in [2.75, 3.05) is 28.8 Å². The smallest absolute Gasteiger partial charge is 0.332 e. The van der Waals surface area contributed by atoms with Gasteiger partial charge in [0.1, 0.15) is 5.69 Å². The normalized spacial score (nSPS) is 20.2. The molecule has 0 radical (unpaired) electrons. The standard InChI is InChI=1S/C10H16N6O4S/c1-6-8(16(17)18)9(14-10(13-6)15-11)12-4-7-2-3-21(19,20)5-7/h7H,2-5,11H2,1H3,(H2,12,13,14,15). The molecule has 1 unspecified atom stereocenters. The molecule has 21 heavy (non-hydrogen) atoms. The average molecular weight is 316 g/mol. The van der Waals surface area contributed by atoms with Crippen LogP contribution < -0.4 is 16.6 Å². The van der Waals surface area contributed by atoms with Crippen LogP contribution in [0, 0.1) is 23.0 Å². The van der Waals surface area contributed by atoms with E-state index >= 15 is 0 Å². The highest BCUT2D eigenvalue weighted by Crippen LogP contribution is 2.27. The van der Waals surface area contributed by atoms with Crippen LogP contribution in [0.3, 0.4) is 0 Å². The number of nitrogens with two attached hydrogens (primary N) is 1. The Morgan fingerprint density at radius 2 is 2.19 bits per heavy atom. The first-order valence-electron chi connectivity index (χ1n) is 6.26. The number of nitrogens with one attached hydrogen (secondary N) is 2. The Bertz CT molecular complexity index is 662. The van der Waals surface area contributed by atoms with Gasteiger partial charge >= 0.3 is 5.69 Å². The molecular weight excluding hydrogens is 300 g/mol. The number of hydrazine groups is 1. The lowest BCUT2D eigenvalue weighted by molar-refractivity contribution is -0.385. The van der Waals surface area contributed by atoms with E-state index in [9.17, 15) is 18.5 Å². The zero-order chi connectivity index (χ0) is 15.6. The van der Waals surface area contributed by atoms with Crippen molar-refractivity contribution in [3.05, 3.63) is 15.8 Å². The summed E-state index contributed by atoms with van der Waals surface area (Å²) in [5, 5.41) is 13.9. The summed E-state index contributed by atoms with van der Waals surface area (Å²) in [5.74, 6) is 5.45. The lowest BCUT2D eigenvalue weighted by Crippen LogP contribution is -2.19. The van der Waals surface area contributed by atoms with E-state index in [-0.39, 0.29) is 40.6 Å². The molecule has 0 aromatic carbocycles. The molecule has 0 bridgehead atoms. The summed E-state index contributed by atoms with van der Waals surface area (Å²) >= 11 is 0. The zero-order valence-electron chi connectivity index (χ0n) is 11.4. The Morgan fingerprint density at radius 1 is 1.48 bits per heavy atom. The number of aromatic nitrogens is 2. The minimum Gasteiger partial charge on any atom is -0.364 e. The van der Waals surface area contributed by atoms with Gasteiger partial charge in [-0.1, -0.05) is 0 Å². The predicted octanol–water partition coefficient (Wildman–Crippen LogP) is -0.175. The van der Waals surface area contributed by atoms with E-state index in [2.05, 4.69) is 20.7 Å². The van der Waals surface area contributed by atoms with Gasteiger partial charge in [-0.15, -0.1) is 0 Å². The summed E-state index contributed by atoms with van der Waals surface area (Å²) in [4.78, 5) is 18.3. The van der Waals surface area contributed by atoms with E-state index in [1.807, 2.05) is 0 Å². The van der Waals surface area contributed by atoms with Crippen LogP contribution in [0.4, 0.5) is 17.5 Å². The van der Waals surface area contributed by atoms with Crippen LogP contribution in [0.25, 0.3) is 0 Å². The van der Waals surface area contributed by atoms with Crippen molar-refractivity contribution in [2.45, 2.75) is 13.3 Å². The Balaban J connectivity index is 2.18. The van der Waals surface area contributed by atoms with E-state index in [1.54, 1.807) is 0 Å². The molecule has 1 aromatic rings. The molecule has 1 aromatic heterocycles. The second kappa shape index (κ2) is 5.77. The van der Waals surface area contributed by atoms with E-state index in [0.29, 0.717) is 13.0 Å². The molecule has 4 N–H and O–H groups in total. The number of anilines is 2. The van der Waals surface area contributed by atoms with Crippen LogP contribution in [-0.2, 0) is 9.84 Å². The Morgan fingerprint density at radius 3 is 2.71 bits per heavy atom. The molecule has 1 aliphatic heterocycles. The number of sulfone groups is 1. The van der Waals surface area contributed by atoms with Gasteiger partial charge in [0.15, 0.2) is 9.84 Å². The number of nitrogens with zero attached hydrogens (tertiary/aromatic N) is 3. The topological polar surface area (TPSA) is 153 Å². The summed E-state index contributed by atoms with van der Waals surface area (Å²) in [5.41, 5.74) is 2.16. The van der Waals surface area contributed by atoms with Crippen molar-refractivity contribution in [3.8, 4) is 0 Å². The summed E-state index contributed by atoms with van der Waals surface area (Å²) in [6, 6.07) is 0. The van der Waals surface area contributed by atoms with Crippen LogP contribution in [-0.4, -0.2) is 41.4 Å². The zero-order valence-corrected chi connectivity index (χ0v) is 12.2. The molecule has 11 heteroatoms. The van der Waals surface area contributed by atoms with Gasteiger partial charge in [0, 0.05) is 6.54 Å². The van der Waals surface area contributed by atoms with Crippen molar-refractivity contribution >= 4 is 27.3 Å². The van der Waals surface area contributed by atoms with Crippen molar-refractivity contribution < 1.29 is 13.3 Å². The Labute approximate surface area is 121 Å². The Hall–Kier alpha value is -2.01. The summed E-state index contributed by atoms with van der Waals surface area (Å²) in [6.07, 6.45) is 0.537. The van der Waals surface area contributed by atoms with Gasteiger partial charge in [-0.25, -0.2) is 19.2 Å². The molecule has 1 saturated heterocycles. The molecule has 0 amide bonds. The first kappa shape index (κ1) is 15.4. The average Bonchev–Trinajstić information content (AvgIpc) is 2.74. The Kier molecular flexibility index (Phi) is 4.23. The molecular formula is C10H16N6O4S. The molecule has 1 atom stereocenters. The van der Waals surface area contributed by atoms with Gasteiger partial charge in [-0.2, -0.15) is 4.98 Å². The molecule has 2 rings (SSSR count). The molecule has 2 heterocycles. The van der Waals surface area contributed by atoms with E-state index in [0.717, 1.165) is 0 Å². The highest BCUT2D eigenvalue weighted by Gasteiger charge is 2.29. The van der Waals surface area contributed by atoms with Crippen molar-refractivity contribution in [3.63, 3.8) is 0 Å². The van der Waals surface area contributed by atoms with Crippen LogP contribution >= 0.6 is 0 Å². The van der Waals surface area contributed by atoms with E-state index < -0.39 is 14.8 Å². The maximum Gasteiger partial charge on any atom is 0.332 e. The first-order chi connectivity index (χ1) is 9.82. The summed E-state index contributed by atoms with van der Waals surface area (Å²) in [7, 11) is -2.99. The third-order valence-electron chi connectivity index (χ3n) is 3.25. The molecule has 116 valence electrons. The van der Waals surface area contributed by atoms with Gasteiger partial charge in [0.05, 0.1) is 16.4 Å². The van der Waals surface area contributed by atoms with Gasteiger partial charge in [-0.3, -0.25) is 15.5 Å². The van der Waals surface area contributed by atoms with Gasteiger partial charge < -0.3 is 5.32 Å². The van der Waals surface area contributed by atoms with E-state index in [1.165, 1.54) is 6.92 Å². The fraction of sp³-hybridized carbons (Fsp3) is 0.600. The third-order valence-corrected chi connectivity index (χ3v) is 5.09.